The Balaban J connectivity index is 1.60. The van der Waals surface area contributed by atoms with Crippen molar-refractivity contribution in [2.24, 2.45) is 0 Å². The third kappa shape index (κ3) is 4.45. The van der Waals surface area contributed by atoms with E-state index in [9.17, 15) is 9.59 Å². The summed E-state index contributed by atoms with van der Waals surface area (Å²) >= 11 is 6.66. The molecule has 1 amide bonds. The maximum atomic E-state index is 12.6. The minimum atomic E-state index is -0.785. The van der Waals surface area contributed by atoms with Crippen LogP contribution in [0, 0.1) is 0 Å². The lowest BCUT2D eigenvalue weighted by Gasteiger charge is -2.13. The largest absolute Gasteiger partial charge is 0.490 e. The van der Waals surface area contributed by atoms with Crippen LogP contribution in [0.25, 0.3) is 6.08 Å². The molecule has 0 saturated carbocycles. The van der Waals surface area contributed by atoms with Gasteiger partial charge in [-0.15, -0.1) is 0 Å². The fourth-order valence-corrected chi connectivity index (χ4v) is 4.41. The van der Waals surface area contributed by atoms with Gasteiger partial charge in [-0.25, -0.2) is 0 Å². The summed E-state index contributed by atoms with van der Waals surface area (Å²) in [5.41, 5.74) is 2.14. The summed E-state index contributed by atoms with van der Waals surface area (Å²) in [4.78, 5) is 25.4. The number of carbonyl (C=O) groups is 2. The molecule has 0 aromatic heterocycles. The number of amides is 1. The van der Waals surface area contributed by atoms with Crippen molar-refractivity contribution in [1.29, 1.82) is 0 Å². The molecule has 7 heteroatoms. The molecule has 3 rings (SSSR count). The van der Waals surface area contributed by atoms with Gasteiger partial charge in [0.05, 0.1) is 4.91 Å². The maximum Gasteiger partial charge on any atom is 0.303 e. The second-order valence-corrected chi connectivity index (χ2v) is 8.21. The van der Waals surface area contributed by atoms with Crippen LogP contribution in [0.2, 0.25) is 0 Å². The highest BCUT2D eigenvalue weighted by molar-refractivity contribution is 8.26. The molecule has 2 aliphatic heterocycles. The molecule has 0 unspecified atom stereocenters. The molecule has 5 nitrogen and oxygen atoms in total. The summed E-state index contributed by atoms with van der Waals surface area (Å²) in [6.07, 6.45) is 5.27. The van der Waals surface area contributed by atoms with Crippen LogP contribution < -0.4 is 4.74 Å². The standard InChI is InChI=1S/C19H21NO4S2/c1-12-9-14-10-13(6-7-15(14)24-12)11-16-18(23)20(19(25)26-16)8-4-2-3-5-17(21)22/h6-7,10-12H,2-5,8-9H2,1H3,(H,21,22)/b16-11-/t12-/m1/s1. The number of carboxylic acids is 1. The molecule has 2 aliphatic rings. The lowest BCUT2D eigenvalue weighted by Crippen LogP contribution is -2.29. The van der Waals surface area contributed by atoms with E-state index in [1.165, 1.54) is 17.3 Å². The Morgan fingerprint density at radius 2 is 2.23 bits per heavy atom. The zero-order valence-electron chi connectivity index (χ0n) is 14.6. The van der Waals surface area contributed by atoms with Crippen molar-refractivity contribution in [1.82, 2.24) is 4.90 Å². The summed E-state index contributed by atoms with van der Waals surface area (Å²) in [6, 6.07) is 5.97. The van der Waals surface area contributed by atoms with Crippen molar-refractivity contribution in [3.8, 4) is 5.75 Å². The van der Waals surface area contributed by atoms with Gasteiger partial charge in [0.1, 0.15) is 16.2 Å². The molecule has 1 atom stereocenters. The van der Waals surface area contributed by atoms with Gasteiger partial charge in [0.2, 0.25) is 0 Å². The Labute approximate surface area is 162 Å². The van der Waals surface area contributed by atoms with Crippen LogP contribution in [-0.2, 0) is 16.0 Å². The minimum Gasteiger partial charge on any atom is -0.490 e. The number of nitrogens with zero attached hydrogens (tertiary/aromatic N) is 1. The topological polar surface area (TPSA) is 66.8 Å². The maximum absolute atomic E-state index is 12.6. The first-order valence-corrected chi connectivity index (χ1v) is 9.93. The summed E-state index contributed by atoms with van der Waals surface area (Å²) in [7, 11) is 0. The minimum absolute atomic E-state index is 0.0663. The fourth-order valence-electron chi connectivity index (χ4n) is 3.10. The molecule has 0 aliphatic carbocycles. The highest BCUT2D eigenvalue weighted by Gasteiger charge is 2.31. The van der Waals surface area contributed by atoms with Gasteiger partial charge < -0.3 is 9.84 Å². The number of benzene rings is 1. The Morgan fingerprint density at radius 3 is 3.00 bits per heavy atom. The molecule has 2 heterocycles. The van der Waals surface area contributed by atoms with E-state index in [2.05, 4.69) is 6.07 Å². The molecule has 138 valence electrons. The van der Waals surface area contributed by atoms with Gasteiger partial charge in [-0.05, 0) is 49.1 Å². The first-order chi connectivity index (χ1) is 12.4. The third-order valence-electron chi connectivity index (χ3n) is 4.36. The van der Waals surface area contributed by atoms with Crippen LogP contribution in [0.3, 0.4) is 0 Å². The zero-order chi connectivity index (χ0) is 18.7. The SMILES string of the molecule is C[C@@H]1Cc2cc(/C=C3\SC(=S)N(CCCCCC(=O)O)C3=O)ccc2O1. The molecule has 1 fully saturated rings. The second kappa shape index (κ2) is 8.22. The van der Waals surface area contributed by atoms with Crippen molar-refractivity contribution in [3.05, 3.63) is 34.2 Å². The molecular weight excluding hydrogens is 370 g/mol. The molecule has 1 N–H and O–H groups in total. The number of hydrogen-bond donors (Lipinski definition) is 1. The van der Waals surface area contributed by atoms with Crippen molar-refractivity contribution < 1.29 is 19.4 Å². The number of thiocarbonyl (C=S) groups is 1. The summed E-state index contributed by atoms with van der Waals surface area (Å²) in [6.45, 7) is 2.58. The van der Waals surface area contributed by atoms with Crippen LogP contribution in [0.15, 0.2) is 23.1 Å². The van der Waals surface area contributed by atoms with Gasteiger partial charge >= 0.3 is 5.97 Å². The third-order valence-corrected chi connectivity index (χ3v) is 5.74. The number of rotatable bonds is 7. The number of carboxylic acid groups (broad SMARTS) is 1. The van der Waals surface area contributed by atoms with Gasteiger partial charge in [-0.2, -0.15) is 0 Å². The van der Waals surface area contributed by atoms with E-state index >= 15 is 0 Å². The molecule has 1 saturated heterocycles. The van der Waals surface area contributed by atoms with Crippen LogP contribution in [0.1, 0.15) is 43.7 Å². The molecule has 0 radical (unpaired) electrons. The first-order valence-electron chi connectivity index (χ1n) is 8.71. The summed E-state index contributed by atoms with van der Waals surface area (Å²) < 4.78 is 6.27. The second-order valence-electron chi connectivity index (χ2n) is 6.54. The van der Waals surface area contributed by atoms with E-state index < -0.39 is 5.97 Å². The lowest BCUT2D eigenvalue weighted by molar-refractivity contribution is -0.137. The van der Waals surface area contributed by atoms with E-state index in [1.54, 1.807) is 4.90 Å². The molecule has 0 spiro atoms. The van der Waals surface area contributed by atoms with Crippen molar-refractivity contribution >= 4 is 46.3 Å². The number of fused-ring (bicyclic) bond motifs is 1. The Hall–Kier alpha value is -1.86. The van der Waals surface area contributed by atoms with Gasteiger partial charge in [0.25, 0.3) is 5.91 Å². The molecular formula is C19H21NO4S2. The number of hydrogen-bond acceptors (Lipinski definition) is 5. The zero-order valence-corrected chi connectivity index (χ0v) is 16.2. The van der Waals surface area contributed by atoms with Gasteiger partial charge in [0, 0.05) is 19.4 Å². The Morgan fingerprint density at radius 1 is 1.42 bits per heavy atom. The van der Waals surface area contributed by atoms with Crippen molar-refractivity contribution in [2.75, 3.05) is 6.54 Å². The van der Waals surface area contributed by atoms with Gasteiger partial charge in [0.15, 0.2) is 0 Å². The summed E-state index contributed by atoms with van der Waals surface area (Å²) in [5, 5.41) is 8.65. The average molecular weight is 392 g/mol. The molecule has 1 aromatic carbocycles. The summed E-state index contributed by atoms with van der Waals surface area (Å²) in [5.74, 6) is 0.0691. The predicted molar refractivity (Wildman–Crippen MR) is 106 cm³/mol. The highest BCUT2D eigenvalue weighted by atomic mass is 32.2. The number of unbranched alkanes of at least 4 members (excludes halogenated alkanes) is 2. The Bertz CT molecular complexity index is 775. The van der Waals surface area contributed by atoms with Crippen molar-refractivity contribution in [2.45, 2.75) is 45.1 Å². The van der Waals surface area contributed by atoms with Crippen LogP contribution in [0.4, 0.5) is 0 Å². The van der Waals surface area contributed by atoms with E-state index in [1.807, 2.05) is 25.1 Å². The fraction of sp³-hybridized carbons (Fsp3) is 0.421. The quantitative estimate of drug-likeness (QED) is 0.433. The number of aliphatic carboxylic acids is 1. The monoisotopic (exact) mass is 391 g/mol. The van der Waals surface area contributed by atoms with Crippen LogP contribution in [-0.4, -0.2) is 38.9 Å². The highest BCUT2D eigenvalue weighted by Crippen LogP contribution is 2.35. The van der Waals surface area contributed by atoms with Gasteiger partial charge in [-0.3, -0.25) is 14.5 Å². The lowest BCUT2D eigenvalue weighted by atomic mass is 10.1. The van der Waals surface area contributed by atoms with Crippen LogP contribution >= 0.6 is 24.0 Å². The first kappa shape index (κ1) is 18.9. The van der Waals surface area contributed by atoms with Crippen LogP contribution in [0.5, 0.6) is 5.75 Å². The number of ether oxygens (including phenoxy) is 1. The molecule has 1 aromatic rings. The Kier molecular flexibility index (Phi) is 5.98. The van der Waals surface area contributed by atoms with E-state index in [0.29, 0.717) is 22.2 Å². The van der Waals surface area contributed by atoms with Gasteiger partial charge in [-0.1, -0.05) is 36.5 Å². The molecule has 0 bridgehead atoms. The predicted octanol–water partition coefficient (Wildman–Crippen LogP) is 3.86. The number of thioether (sulfide) groups is 1. The van der Waals surface area contributed by atoms with E-state index in [4.69, 9.17) is 22.1 Å². The van der Waals surface area contributed by atoms with Crippen molar-refractivity contribution in [3.63, 3.8) is 0 Å². The average Bonchev–Trinajstić information content (AvgIpc) is 3.07. The number of carbonyl (C=O) groups excluding carboxylic acids is 1. The van der Waals surface area contributed by atoms with E-state index in [-0.39, 0.29) is 18.4 Å². The smallest absolute Gasteiger partial charge is 0.303 e. The molecule has 26 heavy (non-hydrogen) atoms. The normalized spacial score (nSPS) is 20.6. The van der Waals surface area contributed by atoms with E-state index in [0.717, 1.165) is 30.6 Å².